The smallest absolute Gasteiger partial charge is 0.227 e. The Labute approximate surface area is 148 Å². The third-order valence-electron chi connectivity index (χ3n) is 4.12. The number of benzene rings is 1. The lowest BCUT2D eigenvalue weighted by Crippen LogP contribution is -2.39. The van der Waals surface area contributed by atoms with Crippen molar-refractivity contribution in [3.8, 4) is 0 Å². The number of nitrogens with one attached hydrogen (secondary N) is 1. The molecule has 1 aliphatic heterocycles. The van der Waals surface area contributed by atoms with E-state index in [4.69, 9.17) is 0 Å². The molecule has 24 heavy (non-hydrogen) atoms. The zero-order valence-electron chi connectivity index (χ0n) is 13.3. The fourth-order valence-corrected chi connectivity index (χ4v) is 3.09. The van der Waals surface area contributed by atoms with E-state index in [2.05, 4.69) is 36.1 Å². The van der Waals surface area contributed by atoms with Crippen LogP contribution in [0.15, 0.2) is 34.9 Å². The lowest BCUT2D eigenvalue weighted by atomic mass is 9.96. The predicted molar refractivity (Wildman–Crippen MR) is 94.4 cm³/mol. The lowest BCUT2D eigenvalue weighted by molar-refractivity contribution is -0.120. The molecule has 0 unspecified atom stereocenters. The predicted octanol–water partition coefficient (Wildman–Crippen LogP) is 3.54. The lowest BCUT2D eigenvalue weighted by Gasteiger charge is -2.31. The van der Waals surface area contributed by atoms with E-state index in [0.29, 0.717) is 36.4 Å². The van der Waals surface area contributed by atoms with Gasteiger partial charge in [0.05, 0.1) is 5.69 Å². The van der Waals surface area contributed by atoms with Gasteiger partial charge in [0, 0.05) is 35.4 Å². The zero-order chi connectivity index (χ0) is 17.1. The van der Waals surface area contributed by atoms with E-state index in [9.17, 15) is 9.18 Å². The Bertz CT molecular complexity index is 747. The second-order valence-electron chi connectivity index (χ2n) is 5.87. The number of amides is 1. The fourth-order valence-electron chi connectivity index (χ4n) is 2.76. The normalized spacial score (nSPS) is 15.4. The SMILES string of the molecule is Cc1ccnc(N2CCC(C(=O)Nc3ccc(Br)cc3F)CC2)n1. The second-order valence-corrected chi connectivity index (χ2v) is 6.79. The van der Waals surface area contributed by atoms with Gasteiger partial charge in [0.1, 0.15) is 5.82 Å². The van der Waals surface area contributed by atoms with Gasteiger partial charge in [0.25, 0.3) is 0 Å². The maximum Gasteiger partial charge on any atom is 0.227 e. The minimum absolute atomic E-state index is 0.130. The molecule has 5 nitrogen and oxygen atoms in total. The molecule has 1 aromatic carbocycles. The van der Waals surface area contributed by atoms with Gasteiger partial charge in [0.15, 0.2) is 0 Å². The minimum Gasteiger partial charge on any atom is -0.341 e. The van der Waals surface area contributed by atoms with Crippen LogP contribution >= 0.6 is 15.9 Å². The molecule has 3 rings (SSSR count). The average molecular weight is 393 g/mol. The molecular weight excluding hydrogens is 375 g/mol. The van der Waals surface area contributed by atoms with Gasteiger partial charge in [-0.2, -0.15) is 0 Å². The van der Waals surface area contributed by atoms with Crippen molar-refractivity contribution in [2.24, 2.45) is 5.92 Å². The van der Waals surface area contributed by atoms with Crippen molar-refractivity contribution in [2.45, 2.75) is 19.8 Å². The van der Waals surface area contributed by atoms with Crippen LogP contribution in [-0.4, -0.2) is 29.0 Å². The maximum absolute atomic E-state index is 13.8. The molecule has 126 valence electrons. The van der Waals surface area contributed by atoms with E-state index < -0.39 is 5.82 Å². The molecule has 0 spiro atoms. The summed E-state index contributed by atoms with van der Waals surface area (Å²) in [4.78, 5) is 23.1. The summed E-state index contributed by atoms with van der Waals surface area (Å²) >= 11 is 3.20. The highest BCUT2D eigenvalue weighted by atomic mass is 79.9. The van der Waals surface area contributed by atoms with Crippen LogP contribution in [0.4, 0.5) is 16.0 Å². The molecule has 2 aromatic rings. The first-order valence-corrected chi connectivity index (χ1v) is 8.63. The van der Waals surface area contributed by atoms with E-state index >= 15 is 0 Å². The number of anilines is 2. The van der Waals surface area contributed by atoms with Gasteiger partial charge in [-0.3, -0.25) is 4.79 Å². The van der Waals surface area contributed by atoms with Gasteiger partial charge < -0.3 is 10.2 Å². The van der Waals surface area contributed by atoms with Crippen molar-refractivity contribution in [1.82, 2.24) is 9.97 Å². The maximum atomic E-state index is 13.8. The Morgan fingerprint density at radius 3 is 2.75 bits per heavy atom. The van der Waals surface area contributed by atoms with Crippen molar-refractivity contribution < 1.29 is 9.18 Å². The van der Waals surface area contributed by atoms with Crippen molar-refractivity contribution in [1.29, 1.82) is 0 Å². The van der Waals surface area contributed by atoms with Gasteiger partial charge in [-0.15, -0.1) is 0 Å². The molecule has 1 saturated heterocycles. The average Bonchev–Trinajstić information content (AvgIpc) is 2.57. The Hall–Kier alpha value is -2.02. The quantitative estimate of drug-likeness (QED) is 0.867. The van der Waals surface area contributed by atoms with Gasteiger partial charge in [-0.1, -0.05) is 15.9 Å². The summed E-state index contributed by atoms with van der Waals surface area (Å²) in [5, 5.41) is 2.69. The number of nitrogens with zero attached hydrogens (tertiary/aromatic N) is 3. The number of aryl methyl sites for hydroxylation is 1. The molecule has 1 fully saturated rings. The molecule has 1 amide bonds. The van der Waals surface area contributed by atoms with E-state index in [1.54, 1.807) is 18.3 Å². The van der Waals surface area contributed by atoms with Crippen LogP contribution < -0.4 is 10.2 Å². The number of hydrogen-bond donors (Lipinski definition) is 1. The Kier molecular flexibility index (Phi) is 5.08. The number of aromatic nitrogens is 2. The first-order valence-electron chi connectivity index (χ1n) is 7.83. The molecular formula is C17H18BrFN4O. The molecule has 1 aromatic heterocycles. The van der Waals surface area contributed by atoms with Gasteiger partial charge in [0.2, 0.25) is 11.9 Å². The van der Waals surface area contributed by atoms with Crippen molar-refractivity contribution in [3.05, 3.63) is 46.4 Å². The molecule has 0 atom stereocenters. The topological polar surface area (TPSA) is 58.1 Å². The van der Waals surface area contributed by atoms with E-state index in [1.165, 1.54) is 6.07 Å². The molecule has 0 bridgehead atoms. The van der Waals surface area contributed by atoms with Gasteiger partial charge in [-0.25, -0.2) is 14.4 Å². The molecule has 0 saturated carbocycles. The summed E-state index contributed by atoms with van der Waals surface area (Å²) in [5.41, 5.74) is 1.14. The number of carbonyl (C=O) groups excluding carboxylic acids is 1. The molecule has 1 N–H and O–H groups in total. The molecule has 0 radical (unpaired) electrons. The van der Waals surface area contributed by atoms with E-state index in [-0.39, 0.29) is 17.5 Å². The summed E-state index contributed by atoms with van der Waals surface area (Å²) in [7, 11) is 0. The van der Waals surface area contributed by atoms with Crippen molar-refractivity contribution >= 4 is 33.5 Å². The Morgan fingerprint density at radius 2 is 2.08 bits per heavy atom. The number of piperidine rings is 1. The summed E-state index contributed by atoms with van der Waals surface area (Å²) < 4.78 is 14.5. The van der Waals surface area contributed by atoms with Crippen LogP contribution in [0.25, 0.3) is 0 Å². The second kappa shape index (κ2) is 7.25. The van der Waals surface area contributed by atoms with Crippen LogP contribution in [0.3, 0.4) is 0 Å². The molecule has 0 aliphatic carbocycles. The third kappa shape index (κ3) is 3.90. The number of carbonyl (C=O) groups is 1. The summed E-state index contributed by atoms with van der Waals surface area (Å²) in [6.07, 6.45) is 3.13. The monoisotopic (exact) mass is 392 g/mol. The third-order valence-corrected chi connectivity index (χ3v) is 4.61. The Balaban J connectivity index is 1.59. The van der Waals surface area contributed by atoms with Crippen LogP contribution in [0, 0.1) is 18.7 Å². The molecule has 2 heterocycles. The Morgan fingerprint density at radius 1 is 1.33 bits per heavy atom. The summed E-state index contributed by atoms with van der Waals surface area (Å²) in [6.45, 7) is 3.35. The number of halogens is 2. The molecule has 7 heteroatoms. The van der Waals surface area contributed by atoms with Crippen LogP contribution in [0.1, 0.15) is 18.5 Å². The summed E-state index contributed by atoms with van der Waals surface area (Å²) in [5.74, 6) is -0.00808. The van der Waals surface area contributed by atoms with Gasteiger partial charge >= 0.3 is 0 Å². The van der Waals surface area contributed by atoms with Crippen molar-refractivity contribution in [3.63, 3.8) is 0 Å². The number of hydrogen-bond acceptors (Lipinski definition) is 4. The first kappa shape index (κ1) is 16.8. The highest BCUT2D eigenvalue weighted by Crippen LogP contribution is 2.24. The van der Waals surface area contributed by atoms with Crippen LogP contribution in [-0.2, 0) is 4.79 Å². The minimum atomic E-state index is -0.441. The van der Waals surface area contributed by atoms with Gasteiger partial charge in [-0.05, 0) is 44.0 Å². The fraction of sp³-hybridized carbons (Fsp3) is 0.353. The summed E-state index contributed by atoms with van der Waals surface area (Å²) in [6, 6.07) is 6.47. The highest BCUT2D eigenvalue weighted by Gasteiger charge is 2.26. The first-order chi connectivity index (χ1) is 11.5. The van der Waals surface area contributed by atoms with Crippen molar-refractivity contribution in [2.75, 3.05) is 23.3 Å². The molecule has 1 aliphatic rings. The van der Waals surface area contributed by atoms with Crippen LogP contribution in [0.5, 0.6) is 0 Å². The standard InChI is InChI=1S/C17H18BrFN4O/c1-11-4-7-20-17(21-11)23-8-5-12(6-9-23)16(24)22-15-3-2-13(18)10-14(15)19/h2-4,7,10,12H,5-6,8-9H2,1H3,(H,22,24). The van der Waals surface area contributed by atoms with Crippen LogP contribution in [0.2, 0.25) is 0 Å². The van der Waals surface area contributed by atoms with E-state index in [1.807, 2.05) is 13.0 Å². The van der Waals surface area contributed by atoms with E-state index in [0.717, 1.165) is 5.69 Å². The largest absolute Gasteiger partial charge is 0.341 e. The number of rotatable bonds is 3. The highest BCUT2D eigenvalue weighted by molar-refractivity contribution is 9.10. The zero-order valence-corrected chi connectivity index (χ0v) is 14.9.